The topological polar surface area (TPSA) is 75.3 Å². The van der Waals surface area contributed by atoms with Crippen LogP contribution in [0.4, 0.5) is 4.39 Å². The molecule has 0 aliphatic carbocycles. The van der Waals surface area contributed by atoms with Gasteiger partial charge >= 0.3 is 0 Å². The van der Waals surface area contributed by atoms with Crippen molar-refractivity contribution < 1.29 is 13.9 Å². The number of carbonyl (C=O) groups is 1. The van der Waals surface area contributed by atoms with E-state index in [2.05, 4.69) is 9.97 Å². The quantitative estimate of drug-likeness (QED) is 0.737. The summed E-state index contributed by atoms with van der Waals surface area (Å²) in [6, 6.07) is 12.6. The molecule has 1 aliphatic rings. The first-order valence-electron chi connectivity index (χ1n) is 9.24. The molecule has 144 valence electrons. The van der Waals surface area contributed by atoms with Gasteiger partial charge in [0.15, 0.2) is 0 Å². The molecule has 6 nitrogen and oxygen atoms in total. The van der Waals surface area contributed by atoms with E-state index in [4.69, 9.17) is 4.74 Å². The predicted molar refractivity (Wildman–Crippen MR) is 102 cm³/mol. The van der Waals surface area contributed by atoms with E-state index in [0.29, 0.717) is 29.9 Å². The monoisotopic (exact) mass is 381 g/mol. The Kier molecular flexibility index (Phi) is 5.16. The maximum Gasteiger partial charge on any atom is 0.258 e. The van der Waals surface area contributed by atoms with Crippen molar-refractivity contribution in [3.63, 3.8) is 0 Å². The van der Waals surface area contributed by atoms with E-state index < -0.39 is 5.82 Å². The number of nitrogens with one attached hydrogen (secondary N) is 1. The normalized spacial score (nSPS) is 16.4. The van der Waals surface area contributed by atoms with Crippen LogP contribution in [0, 0.1) is 5.82 Å². The Morgan fingerprint density at radius 1 is 1.25 bits per heavy atom. The van der Waals surface area contributed by atoms with Gasteiger partial charge in [0.05, 0.1) is 23.6 Å². The summed E-state index contributed by atoms with van der Waals surface area (Å²) in [5, 5.41) is 0.494. The number of fused-ring (bicyclic) bond motifs is 1. The van der Waals surface area contributed by atoms with Gasteiger partial charge in [0.2, 0.25) is 0 Å². The second kappa shape index (κ2) is 7.90. The van der Waals surface area contributed by atoms with Crippen molar-refractivity contribution in [3.05, 3.63) is 76.1 Å². The summed E-state index contributed by atoms with van der Waals surface area (Å²) in [5.74, 6) is -0.419. The van der Waals surface area contributed by atoms with Crippen LogP contribution in [0.5, 0.6) is 0 Å². The van der Waals surface area contributed by atoms with Crippen LogP contribution in [-0.2, 0) is 11.3 Å². The number of para-hydroxylation sites is 1. The molecular weight excluding hydrogens is 361 g/mol. The number of H-pyrrole nitrogens is 1. The lowest BCUT2D eigenvalue weighted by Gasteiger charge is -2.25. The van der Waals surface area contributed by atoms with Crippen molar-refractivity contribution in [3.8, 4) is 0 Å². The van der Waals surface area contributed by atoms with Crippen molar-refractivity contribution in [2.24, 2.45) is 0 Å². The molecule has 1 N–H and O–H groups in total. The second-order valence-corrected chi connectivity index (χ2v) is 6.86. The summed E-state index contributed by atoms with van der Waals surface area (Å²) in [7, 11) is 0. The Balaban J connectivity index is 1.65. The lowest BCUT2D eigenvalue weighted by atomic mass is 10.1. The lowest BCUT2D eigenvalue weighted by molar-refractivity contribution is 0.0501. The predicted octanol–water partition coefficient (Wildman–Crippen LogP) is 2.88. The van der Waals surface area contributed by atoms with Gasteiger partial charge in [-0.15, -0.1) is 0 Å². The molecule has 0 unspecified atom stereocenters. The van der Waals surface area contributed by atoms with Crippen LogP contribution in [-0.4, -0.2) is 40.0 Å². The zero-order valence-corrected chi connectivity index (χ0v) is 15.2. The van der Waals surface area contributed by atoms with Gasteiger partial charge < -0.3 is 14.6 Å². The van der Waals surface area contributed by atoms with Gasteiger partial charge in [-0.2, -0.15) is 0 Å². The van der Waals surface area contributed by atoms with Crippen molar-refractivity contribution in [1.29, 1.82) is 0 Å². The Labute approximate surface area is 161 Å². The fourth-order valence-electron chi connectivity index (χ4n) is 3.45. The third kappa shape index (κ3) is 3.94. The van der Waals surface area contributed by atoms with Crippen molar-refractivity contribution >= 4 is 16.8 Å². The van der Waals surface area contributed by atoms with Crippen LogP contribution in [0.1, 0.15) is 29.0 Å². The third-order valence-corrected chi connectivity index (χ3v) is 4.81. The average molecular weight is 381 g/mol. The summed E-state index contributed by atoms with van der Waals surface area (Å²) < 4.78 is 19.3. The molecule has 1 aliphatic heterocycles. The summed E-state index contributed by atoms with van der Waals surface area (Å²) >= 11 is 0. The van der Waals surface area contributed by atoms with Crippen molar-refractivity contribution in [2.75, 3.05) is 13.2 Å². The van der Waals surface area contributed by atoms with Gasteiger partial charge in [0, 0.05) is 18.7 Å². The standard InChI is InChI=1S/C21H20FN3O3/c22-15-6-3-5-14(11-15)21(27)25(12-16-7-4-10-28-16)13-19-23-18-9-2-1-8-17(18)20(26)24-19/h1-3,5-6,8-9,11,16H,4,7,10,12-13H2,(H,23,24,26)/t16-/m0/s1. The van der Waals surface area contributed by atoms with E-state index in [1.807, 2.05) is 0 Å². The summed E-state index contributed by atoms with van der Waals surface area (Å²) in [5.41, 5.74) is 0.563. The average Bonchev–Trinajstić information content (AvgIpc) is 3.20. The molecule has 7 heteroatoms. The molecule has 4 rings (SSSR count). The molecule has 0 saturated carbocycles. The number of benzene rings is 2. The van der Waals surface area contributed by atoms with Gasteiger partial charge in [-0.1, -0.05) is 18.2 Å². The van der Waals surface area contributed by atoms with E-state index in [9.17, 15) is 14.0 Å². The lowest BCUT2D eigenvalue weighted by Crippen LogP contribution is -2.38. The molecule has 0 radical (unpaired) electrons. The highest BCUT2D eigenvalue weighted by Gasteiger charge is 2.24. The molecular formula is C21H20FN3O3. The van der Waals surface area contributed by atoms with E-state index >= 15 is 0 Å². The van der Waals surface area contributed by atoms with Crippen LogP contribution >= 0.6 is 0 Å². The Bertz CT molecular complexity index is 1060. The molecule has 2 heterocycles. The smallest absolute Gasteiger partial charge is 0.258 e. The zero-order chi connectivity index (χ0) is 19.5. The molecule has 0 bridgehead atoms. The highest BCUT2D eigenvalue weighted by atomic mass is 19.1. The number of rotatable bonds is 5. The summed E-state index contributed by atoms with van der Waals surface area (Å²) in [4.78, 5) is 34.1. The maximum absolute atomic E-state index is 13.6. The van der Waals surface area contributed by atoms with Crippen LogP contribution in [0.2, 0.25) is 0 Å². The van der Waals surface area contributed by atoms with Crippen LogP contribution in [0.15, 0.2) is 53.3 Å². The molecule has 1 aromatic heterocycles. The molecule has 1 amide bonds. The molecule has 2 aromatic carbocycles. The fourth-order valence-corrected chi connectivity index (χ4v) is 3.45. The number of carbonyl (C=O) groups excluding carboxylic acids is 1. The van der Waals surface area contributed by atoms with E-state index in [1.54, 1.807) is 35.2 Å². The molecule has 3 aromatic rings. The van der Waals surface area contributed by atoms with Gasteiger partial charge in [-0.3, -0.25) is 9.59 Å². The number of aromatic nitrogens is 2. The SMILES string of the molecule is O=C(c1cccc(F)c1)N(Cc1nc2ccccc2c(=O)[nH]1)C[C@@H]1CCCO1. The van der Waals surface area contributed by atoms with Crippen molar-refractivity contribution in [1.82, 2.24) is 14.9 Å². The minimum Gasteiger partial charge on any atom is -0.376 e. The number of nitrogens with zero attached hydrogens (tertiary/aromatic N) is 2. The molecule has 0 spiro atoms. The van der Waals surface area contributed by atoms with Crippen LogP contribution in [0.25, 0.3) is 10.9 Å². The summed E-state index contributed by atoms with van der Waals surface area (Å²) in [6.07, 6.45) is 1.72. The fraction of sp³-hybridized carbons (Fsp3) is 0.286. The second-order valence-electron chi connectivity index (χ2n) is 6.86. The minimum atomic E-state index is -0.472. The first-order chi connectivity index (χ1) is 13.6. The number of ether oxygens (including phenoxy) is 1. The maximum atomic E-state index is 13.6. The number of aromatic amines is 1. The van der Waals surface area contributed by atoms with E-state index in [-0.39, 0.29) is 29.7 Å². The van der Waals surface area contributed by atoms with Gasteiger partial charge in [-0.25, -0.2) is 9.37 Å². The molecule has 1 saturated heterocycles. The van der Waals surface area contributed by atoms with Gasteiger partial charge in [-0.05, 0) is 43.2 Å². The summed E-state index contributed by atoms with van der Waals surface area (Å²) in [6.45, 7) is 1.12. The molecule has 1 atom stereocenters. The Morgan fingerprint density at radius 2 is 2.11 bits per heavy atom. The van der Waals surface area contributed by atoms with Crippen molar-refractivity contribution in [2.45, 2.75) is 25.5 Å². The number of hydrogen-bond acceptors (Lipinski definition) is 4. The number of hydrogen-bond donors (Lipinski definition) is 1. The third-order valence-electron chi connectivity index (χ3n) is 4.81. The Morgan fingerprint density at radius 3 is 2.89 bits per heavy atom. The van der Waals surface area contributed by atoms with Crippen LogP contribution in [0.3, 0.4) is 0 Å². The Hall–Kier alpha value is -3.06. The van der Waals surface area contributed by atoms with Gasteiger partial charge in [0.1, 0.15) is 11.6 Å². The van der Waals surface area contributed by atoms with E-state index in [0.717, 1.165) is 12.8 Å². The van der Waals surface area contributed by atoms with Gasteiger partial charge in [0.25, 0.3) is 11.5 Å². The molecule has 28 heavy (non-hydrogen) atoms. The largest absolute Gasteiger partial charge is 0.376 e. The molecule has 1 fully saturated rings. The van der Waals surface area contributed by atoms with Crippen LogP contribution < -0.4 is 5.56 Å². The van der Waals surface area contributed by atoms with E-state index in [1.165, 1.54) is 18.2 Å². The number of halogens is 1. The number of amides is 1. The first-order valence-corrected chi connectivity index (χ1v) is 9.24. The highest BCUT2D eigenvalue weighted by molar-refractivity contribution is 5.94. The first kappa shape index (κ1) is 18.3. The minimum absolute atomic E-state index is 0.0790. The zero-order valence-electron chi connectivity index (χ0n) is 15.2. The highest BCUT2D eigenvalue weighted by Crippen LogP contribution is 2.17.